The van der Waals surface area contributed by atoms with Gasteiger partial charge in [-0.25, -0.2) is 8.42 Å². The molecule has 0 aromatic rings. The van der Waals surface area contributed by atoms with Gasteiger partial charge in [0.1, 0.15) is 6.29 Å². The highest BCUT2D eigenvalue weighted by Crippen LogP contribution is 2.30. The molecule has 0 radical (unpaired) electrons. The van der Waals surface area contributed by atoms with Gasteiger partial charge in [-0.3, -0.25) is 4.79 Å². The van der Waals surface area contributed by atoms with Crippen molar-refractivity contribution < 1.29 is 36.3 Å². The van der Waals surface area contributed by atoms with Crippen LogP contribution in [0.15, 0.2) is 0 Å². The van der Waals surface area contributed by atoms with Crippen LogP contribution in [0.1, 0.15) is 6.92 Å². The molecule has 88 valence electrons. The van der Waals surface area contributed by atoms with E-state index in [0.717, 1.165) is 6.92 Å². The van der Waals surface area contributed by atoms with Gasteiger partial charge in [0.05, 0.1) is 0 Å². The van der Waals surface area contributed by atoms with E-state index in [1.54, 1.807) is 0 Å². The summed E-state index contributed by atoms with van der Waals surface area (Å²) < 4.78 is 57.4. The number of carboxylic acids is 1. The van der Waals surface area contributed by atoms with Gasteiger partial charge in [-0.15, -0.1) is 0 Å². The van der Waals surface area contributed by atoms with E-state index in [2.05, 4.69) is 0 Å². The van der Waals surface area contributed by atoms with Crippen LogP contribution in [0.5, 0.6) is 0 Å². The maximum atomic E-state index is 12.0. The summed E-state index contributed by atoms with van der Waals surface area (Å²) in [4.78, 5) is 20.5. The van der Waals surface area contributed by atoms with Crippen LogP contribution in [0.3, 0.4) is 0 Å². The number of alkyl halides is 3. The van der Waals surface area contributed by atoms with Gasteiger partial charge in [0.25, 0.3) is 9.84 Å². The summed E-state index contributed by atoms with van der Waals surface area (Å²) >= 11 is 0. The molecule has 2 atom stereocenters. The normalized spacial score (nSPS) is 16.8. The largest absolute Gasteiger partial charge is 0.498 e. The molecule has 1 N–H and O–H groups in total. The van der Waals surface area contributed by atoms with Crippen molar-refractivity contribution >= 4 is 22.1 Å². The third-order valence-electron chi connectivity index (χ3n) is 1.59. The maximum Gasteiger partial charge on any atom is 0.498 e. The number of aldehydes is 1. The van der Waals surface area contributed by atoms with Gasteiger partial charge < -0.3 is 9.90 Å². The molecule has 15 heavy (non-hydrogen) atoms. The lowest BCUT2D eigenvalue weighted by molar-refractivity contribution is -0.139. The number of carbonyl (C=O) groups excluding carboxylic acids is 1. The molecular formula is C6H7F3O5S. The quantitative estimate of drug-likeness (QED) is 0.718. The summed E-state index contributed by atoms with van der Waals surface area (Å²) in [5.41, 5.74) is -5.69. The third kappa shape index (κ3) is 2.67. The molecule has 0 saturated carbocycles. The fourth-order valence-electron chi connectivity index (χ4n) is 0.856. The predicted molar refractivity (Wildman–Crippen MR) is 41.6 cm³/mol. The second-order valence-corrected chi connectivity index (χ2v) is 4.81. The first kappa shape index (κ1) is 13.9. The minimum Gasteiger partial charge on any atom is -0.480 e. The van der Waals surface area contributed by atoms with Crippen LogP contribution < -0.4 is 0 Å². The molecule has 0 spiro atoms. The van der Waals surface area contributed by atoms with Crippen LogP contribution in [-0.4, -0.2) is 36.5 Å². The van der Waals surface area contributed by atoms with E-state index >= 15 is 0 Å². The SMILES string of the molecule is CC(C=O)C(C(=O)O)S(=O)(=O)C(F)(F)F. The molecule has 0 heterocycles. The molecule has 0 amide bonds. The minimum atomic E-state index is -5.88. The van der Waals surface area contributed by atoms with E-state index in [9.17, 15) is 31.2 Å². The van der Waals surface area contributed by atoms with Crippen molar-refractivity contribution in [3.63, 3.8) is 0 Å². The fraction of sp³-hybridized carbons (Fsp3) is 0.667. The number of sulfone groups is 1. The summed E-state index contributed by atoms with van der Waals surface area (Å²) in [6.45, 7) is 0.787. The molecule has 0 fully saturated rings. The summed E-state index contributed by atoms with van der Waals surface area (Å²) in [7, 11) is -5.88. The summed E-state index contributed by atoms with van der Waals surface area (Å²) in [6, 6.07) is 0. The first-order chi connectivity index (χ1) is 6.55. The summed E-state index contributed by atoms with van der Waals surface area (Å²) in [6.07, 6.45) is -0.151. The first-order valence-electron chi connectivity index (χ1n) is 3.54. The molecule has 0 aliphatic rings. The van der Waals surface area contributed by atoms with Crippen LogP contribution in [-0.2, 0) is 19.4 Å². The van der Waals surface area contributed by atoms with Crippen molar-refractivity contribution in [2.45, 2.75) is 17.7 Å². The predicted octanol–water partition coefficient (Wildman–Crippen LogP) is 0.209. The molecule has 2 unspecified atom stereocenters. The van der Waals surface area contributed by atoms with Crippen LogP contribution in [0.25, 0.3) is 0 Å². The van der Waals surface area contributed by atoms with E-state index in [1.165, 1.54) is 0 Å². The second-order valence-electron chi connectivity index (χ2n) is 2.74. The molecule has 0 bridgehead atoms. The molecule has 0 aliphatic heterocycles. The molecule has 0 aromatic carbocycles. The van der Waals surface area contributed by atoms with E-state index in [-0.39, 0.29) is 6.29 Å². The first-order valence-corrected chi connectivity index (χ1v) is 5.08. The Hall–Kier alpha value is -1.12. The Bertz CT molecular complexity index is 357. The highest BCUT2D eigenvalue weighted by atomic mass is 32.2. The molecular weight excluding hydrogens is 241 g/mol. The van der Waals surface area contributed by atoms with Gasteiger partial charge in [0.15, 0.2) is 5.25 Å². The number of carboxylic acid groups (broad SMARTS) is 1. The minimum absolute atomic E-state index is 0.151. The lowest BCUT2D eigenvalue weighted by Gasteiger charge is -2.17. The van der Waals surface area contributed by atoms with Gasteiger partial charge in [0, 0.05) is 5.92 Å². The Kier molecular flexibility index (Phi) is 3.86. The smallest absolute Gasteiger partial charge is 0.480 e. The molecule has 0 aliphatic carbocycles. The van der Waals surface area contributed by atoms with Gasteiger partial charge in [-0.1, -0.05) is 6.92 Å². The zero-order valence-corrected chi connectivity index (χ0v) is 8.17. The number of aliphatic carboxylic acids is 1. The average molecular weight is 248 g/mol. The molecule has 5 nitrogen and oxygen atoms in total. The zero-order chi connectivity index (χ0) is 12.4. The van der Waals surface area contributed by atoms with Crippen LogP contribution >= 0.6 is 0 Å². The van der Waals surface area contributed by atoms with E-state index in [4.69, 9.17) is 5.11 Å². The molecule has 0 saturated heterocycles. The van der Waals surface area contributed by atoms with E-state index in [0.29, 0.717) is 0 Å². The Morgan fingerprint density at radius 1 is 1.40 bits per heavy atom. The number of hydrogen-bond donors (Lipinski definition) is 1. The monoisotopic (exact) mass is 248 g/mol. The lowest BCUT2D eigenvalue weighted by Crippen LogP contribution is -2.43. The molecule has 9 heteroatoms. The van der Waals surface area contributed by atoms with Crippen LogP contribution in [0, 0.1) is 5.92 Å². The molecule has 0 aromatic heterocycles. The average Bonchev–Trinajstić information content (AvgIpc) is 2.00. The van der Waals surface area contributed by atoms with Gasteiger partial charge >= 0.3 is 11.5 Å². The highest BCUT2D eigenvalue weighted by molar-refractivity contribution is 7.93. The van der Waals surface area contributed by atoms with Crippen molar-refractivity contribution in [2.24, 2.45) is 5.92 Å². The number of carbonyl (C=O) groups is 2. The Balaban J connectivity index is 5.48. The Morgan fingerprint density at radius 2 is 1.80 bits per heavy atom. The third-order valence-corrected chi connectivity index (χ3v) is 3.54. The van der Waals surface area contributed by atoms with Gasteiger partial charge in [-0.05, 0) is 0 Å². The summed E-state index contributed by atoms with van der Waals surface area (Å²) in [5, 5.41) is 5.54. The second kappa shape index (κ2) is 4.17. The number of rotatable bonds is 4. The van der Waals surface area contributed by atoms with Crippen molar-refractivity contribution in [1.29, 1.82) is 0 Å². The molecule has 0 rings (SSSR count). The van der Waals surface area contributed by atoms with Crippen molar-refractivity contribution in [3.05, 3.63) is 0 Å². The highest BCUT2D eigenvalue weighted by Gasteiger charge is 2.55. The topological polar surface area (TPSA) is 88.5 Å². The number of halogens is 3. The van der Waals surface area contributed by atoms with E-state index in [1.807, 2.05) is 0 Å². The zero-order valence-electron chi connectivity index (χ0n) is 7.35. The fourth-order valence-corrected chi connectivity index (χ4v) is 2.04. The Morgan fingerprint density at radius 3 is 2.00 bits per heavy atom. The van der Waals surface area contributed by atoms with Crippen LogP contribution in [0.2, 0.25) is 0 Å². The van der Waals surface area contributed by atoms with Crippen molar-refractivity contribution in [2.75, 3.05) is 0 Å². The van der Waals surface area contributed by atoms with Crippen molar-refractivity contribution in [3.8, 4) is 0 Å². The van der Waals surface area contributed by atoms with Crippen LogP contribution in [0.4, 0.5) is 13.2 Å². The Labute approximate surface area is 82.8 Å². The number of hydrogen-bond acceptors (Lipinski definition) is 4. The standard InChI is InChI=1S/C6H7F3O5S/c1-3(2-10)4(5(11)12)15(13,14)6(7,8)9/h2-4H,1H3,(H,11,12). The van der Waals surface area contributed by atoms with Gasteiger partial charge in [-0.2, -0.15) is 13.2 Å². The van der Waals surface area contributed by atoms with Gasteiger partial charge in [0.2, 0.25) is 0 Å². The van der Waals surface area contributed by atoms with E-state index < -0.39 is 32.5 Å². The lowest BCUT2D eigenvalue weighted by atomic mass is 10.1. The maximum absolute atomic E-state index is 12.0. The van der Waals surface area contributed by atoms with Crippen molar-refractivity contribution in [1.82, 2.24) is 0 Å². The summed E-state index contributed by atoms with van der Waals surface area (Å²) in [5.74, 6) is -3.97.